The first kappa shape index (κ1) is 21.1. The summed E-state index contributed by atoms with van der Waals surface area (Å²) in [5, 5.41) is 2.93. The van der Waals surface area contributed by atoms with Crippen molar-refractivity contribution in [2.75, 3.05) is 13.7 Å². The van der Waals surface area contributed by atoms with Crippen LogP contribution in [0, 0.1) is 0 Å². The molecule has 0 saturated heterocycles. The molecule has 0 unspecified atom stereocenters. The van der Waals surface area contributed by atoms with Crippen LogP contribution >= 0.6 is 0 Å². The maximum atomic E-state index is 12.3. The van der Waals surface area contributed by atoms with Crippen LogP contribution < -0.4 is 14.8 Å². The lowest BCUT2D eigenvalue weighted by atomic mass is 10.0. The number of methoxy groups -OCH3 is 1. The minimum Gasteiger partial charge on any atom is -0.493 e. The second-order valence-corrected chi connectivity index (χ2v) is 6.99. The highest BCUT2D eigenvalue weighted by atomic mass is 16.5. The van der Waals surface area contributed by atoms with Crippen molar-refractivity contribution in [1.29, 1.82) is 0 Å². The van der Waals surface area contributed by atoms with E-state index in [1.54, 1.807) is 18.2 Å². The number of Topliss-reactive ketones (excluding diaryl/α,β-unsaturated/α-hetero) is 1. The molecule has 0 radical (unpaired) electrons. The van der Waals surface area contributed by atoms with Gasteiger partial charge in [-0.25, -0.2) is 0 Å². The van der Waals surface area contributed by atoms with Gasteiger partial charge in [-0.1, -0.05) is 54.6 Å². The van der Waals surface area contributed by atoms with Crippen molar-refractivity contribution >= 4 is 11.7 Å². The van der Waals surface area contributed by atoms with Gasteiger partial charge < -0.3 is 14.8 Å². The smallest absolute Gasteiger partial charge is 0.258 e. The maximum absolute atomic E-state index is 12.3. The van der Waals surface area contributed by atoms with E-state index in [0.717, 1.165) is 16.7 Å². The highest BCUT2D eigenvalue weighted by molar-refractivity contribution is 5.94. The highest BCUT2D eigenvalue weighted by Gasteiger charge is 2.13. The molecule has 0 aliphatic carbocycles. The molecule has 3 rings (SSSR count). The first-order chi connectivity index (χ1) is 14.5. The molecular weight excluding hydrogens is 378 g/mol. The van der Waals surface area contributed by atoms with Crippen LogP contribution in [-0.2, 0) is 4.79 Å². The van der Waals surface area contributed by atoms with Gasteiger partial charge in [0.25, 0.3) is 5.91 Å². The molecule has 1 N–H and O–H groups in total. The summed E-state index contributed by atoms with van der Waals surface area (Å²) in [6.07, 6.45) is 0. The Morgan fingerprint density at radius 1 is 0.900 bits per heavy atom. The summed E-state index contributed by atoms with van der Waals surface area (Å²) in [6.45, 7) is 3.26. The van der Waals surface area contributed by atoms with Gasteiger partial charge in [0.2, 0.25) is 0 Å². The molecule has 0 saturated carbocycles. The van der Waals surface area contributed by atoms with Crippen LogP contribution in [0.2, 0.25) is 0 Å². The van der Waals surface area contributed by atoms with Gasteiger partial charge in [0.05, 0.1) is 13.2 Å². The zero-order chi connectivity index (χ0) is 21.5. The van der Waals surface area contributed by atoms with E-state index in [1.807, 2.05) is 49.4 Å². The van der Waals surface area contributed by atoms with Gasteiger partial charge >= 0.3 is 0 Å². The van der Waals surface area contributed by atoms with E-state index < -0.39 is 0 Å². The van der Waals surface area contributed by atoms with E-state index >= 15 is 0 Å². The fourth-order valence-electron chi connectivity index (χ4n) is 3.11. The van der Waals surface area contributed by atoms with Gasteiger partial charge in [0.1, 0.15) is 0 Å². The summed E-state index contributed by atoms with van der Waals surface area (Å²) < 4.78 is 10.8. The van der Waals surface area contributed by atoms with Gasteiger partial charge in [-0.3, -0.25) is 9.59 Å². The molecule has 3 aromatic carbocycles. The Morgan fingerprint density at radius 3 is 2.20 bits per heavy atom. The molecular formula is C25H25NO4. The predicted octanol–water partition coefficient (Wildman–Crippen LogP) is 4.82. The molecule has 0 aliphatic heterocycles. The number of nitrogens with one attached hydrogen (secondary N) is 1. The summed E-state index contributed by atoms with van der Waals surface area (Å²) in [6, 6.07) is 23.0. The molecule has 1 amide bonds. The molecule has 154 valence electrons. The Bertz CT molecular complexity index is 1010. The lowest BCUT2D eigenvalue weighted by Crippen LogP contribution is -2.31. The number of rotatable bonds is 8. The lowest BCUT2D eigenvalue weighted by Gasteiger charge is -2.16. The van der Waals surface area contributed by atoms with Crippen LogP contribution in [0.25, 0.3) is 11.1 Å². The normalized spacial score (nSPS) is 11.4. The topological polar surface area (TPSA) is 64.6 Å². The molecule has 1 atom stereocenters. The Balaban J connectivity index is 1.58. The predicted molar refractivity (Wildman–Crippen MR) is 117 cm³/mol. The monoisotopic (exact) mass is 403 g/mol. The van der Waals surface area contributed by atoms with Crippen molar-refractivity contribution in [1.82, 2.24) is 5.32 Å². The first-order valence-corrected chi connectivity index (χ1v) is 9.74. The summed E-state index contributed by atoms with van der Waals surface area (Å²) in [5.74, 6) is 0.523. The fourth-order valence-corrected chi connectivity index (χ4v) is 3.11. The van der Waals surface area contributed by atoms with Crippen molar-refractivity contribution in [2.45, 2.75) is 19.9 Å². The van der Waals surface area contributed by atoms with Gasteiger partial charge in [-0.2, -0.15) is 0 Å². The summed E-state index contributed by atoms with van der Waals surface area (Å²) in [4.78, 5) is 23.8. The standard InChI is InChI=1S/C25H25NO4/c1-17(19-9-11-21(12-10-19)20-7-5-4-6-8-20)26-25(28)16-30-23-14-13-22(18(2)27)15-24(23)29-3/h4-15,17H,16H2,1-3H3,(H,26,28)/t17-/m0/s1. The number of ether oxygens (including phenoxy) is 2. The quantitative estimate of drug-likeness (QED) is 0.548. The second-order valence-electron chi connectivity index (χ2n) is 6.99. The first-order valence-electron chi connectivity index (χ1n) is 9.74. The van der Waals surface area contributed by atoms with Gasteiger partial charge in [0, 0.05) is 5.56 Å². The molecule has 0 heterocycles. The van der Waals surface area contributed by atoms with Crippen LogP contribution in [0.15, 0.2) is 72.8 Å². The van der Waals surface area contributed by atoms with Gasteiger partial charge in [0.15, 0.2) is 23.9 Å². The summed E-state index contributed by atoms with van der Waals surface area (Å²) in [7, 11) is 1.49. The van der Waals surface area contributed by atoms with E-state index in [0.29, 0.717) is 17.1 Å². The molecule has 30 heavy (non-hydrogen) atoms. The van der Waals surface area contributed by atoms with Crippen LogP contribution in [-0.4, -0.2) is 25.4 Å². The number of hydrogen-bond acceptors (Lipinski definition) is 4. The van der Waals surface area contributed by atoms with Crippen molar-refractivity contribution in [3.05, 3.63) is 83.9 Å². The molecule has 3 aromatic rings. The Kier molecular flexibility index (Phi) is 6.86. The third-order valence-corrected chi connectivity index (χ3v) is 4.82. The number of carbonyl (C=O) groups excluding carboxylic acids is 2. The highest BCUT2D eigenvalue weighted by Crippen LogP contribution is 2.28. The van der Waals surface area contributed by atoms with Crippen LogP contribution in [0.5, 0.6) is 11.5 Å². The van der Waals surface area contributed by atoms with Crippen molar-refractivity contribution in [2.24, 2.45) is 0 Å². The number of ketones is 1. The molecule has 5 nitrogen and oxygen atoms in total. The fraction of sp³-hybridized carbons (Fsp3) is 0.200. The minimum atomic E-state index is -0.243. The van der Waals surface area contributed by atoms with E-state index in [4.69, 9.17) is 9.47 Å². The van der Waals surface area contributed by atoms with Crippen molar-refractivity contribution < 1.29 is 19.1 Å². The number of amides is 1. The molecule has 0 fully saturated rings. The average Bonchev–Trinajstić information content (AvgIpc) is 2.78. The van der Waals surface area contributed by atoms with Crippen LogP contribution in [0.4, 0.5) is 0 Å². The summed E-state index contributed by atoms with van der Waals surface area (Å²) >= 11 is 0. The number of benzene rings is 3. The second kappa shape index (κ2) is 9.74. The third kappa shape index (κ3) is 5.26. The van der Waals surface area contributed by atoms with Crippen LogP contribution in [0.1, 0.15) is 35.8 Å². The largest absolute Gasteiger partial charge is 0.493 e. The lowest BCUT2D eigenvalue weighted by molar-refractivity contribution is -0.123. The van der Waals surface area contributed by atoms with Crippen molar-refractivity contribution in [3.63, 3.8) is 0 Å². The molecule has 0 bridgehead atoms. The zero-order valence-electron chi connectivity index (χ0n) is 17.3. The van der Waals surface area contributed by atoms with E-state index in [9.17, 15) is 9.59 Å². The van der Waals surface area contributed by atoms with Gasteiger partial charge in [-0.15, -0.1) is 0 Å². The Labute approximate surface area is 176 Å². The van der Waals surface area contributed by atoms with E-state index in [-0.39, 0.29) is 24.3 Å². The molecule has 0 spiro atoms. The SMILES string of the molecule is COc1cc(C(C)=O)ccc1OCC(=O)N[C@@H](C)c1ccc(-c2ccccc2)cc1. The Morgan fingerprint density at radius 2 is 1.57 bits per heavy atom. The number of carbonyl (C=O) groups is 2. The zero-order valence-corrected chi connectivity index (χ0v) is 17.3. The molecule has 0 aromatic heterocycles. The van der Waals surface area contributed by atoms with Crippen molar-refractivity contribution in [3.8, 4) is 22.6 Å². The molecule has 0 aliphatic rings. The minimum absolute atomic E-state index is 0.0651. The van der Waals surface area contributed by atoms with Crippen LogP contribution in [0.3, 0.4) is 0 Å². The van der Waals surface area contributed by atoms with Gasteiger partial charge in [-0.05, 0) is 48.7 Å². The maximum Gasteiger partial charge on any atom is 0.258 e. The van der Waals surface area contributed by atoms with E-state index in [2.05, 4.69) is 17.4 Å². The van der Waals surface area contributed by atoms with E-state index in [1.165, 1.54) is 14.0 Å². The summed E-state index contributed by atoms with van der Waals surface area (Å²) in [5.41, 5.74) is 3.81. The average molecular weight is 403 g/mol. The third-order valence-electron chi connectivity index (χ3n) is 4.82. The number of hydrogen-bond donors (Lipinski definition) is 1. The Hall–Kier alpha value is -3.60. The molecule has 5 heteroatoms.